The van der Waals surface area contributed by atoms with E-state index in [1.54, 1.807) is 17.5 Å². The molecule has 1 N–H and O–H groups in total. The van der Waals surface area contributed by atoms with Gasteiger partial charge in [0.1, 0.15) is 10.3 Å². The van der Waals surface area contributed by atoms with Crippen molar-refractivity contribution >= 4 is 33.0 Å². The van der Waals surface area contributed by atoms with Gasteiger partial charge in [0.2, 0.25) is 5.91 Å². The predicted octanol–water partition coefficient (Wildman–Crippen LogP) is 3.66. The van der Waals surface area contributed by atoms with Crippen LogP contribution in [-0.4, -0.2) is 31.2 Å². The highest BCUT2D eigenvalue weighted by Gasteiger charge is 2.39. The second-order valence-electron chi connectivity index (χ2n) is 6.47. The summed E-state index contributed by atoms with van der Waals surface area (Å²) in [7, 11) is -3.61. The van der Waals surface area contributed by atoms with Gasteiger partial charge in [-0.05, 0) is 47.9 Å². The zero-order chi connectivity index (χ0) is 18.0. The van der Waals surface area contributed by atoms with Gasteiger partial charge in [-0.3, -0.25) is 4.79 Å². The van der Waals surface area contributed by atoms with Gasteiger partial charge in [0.25, 0.3) is 10.0 Å². The fourth-order valence-corrected chi connectivity index (χ4v) is 5.77. The third-order valence-corrected chi connectivity index (χ3v) is 7.69. The number of thiophene rings is 1. The maximum atomic E-state index is 12.7. The molecule has 0 bridgehead atoms. The number of nitrogens with zero attached hydrogens (tertiary/aromatic N) is 1. The van der Waals surface area contributed by atoms with Crippen molar-refractivity contribution in [2.45, 2.75) is 42.9 Å². The number of hydrogen-bond acceptors (Lipinski definition) is 4. The third-order valence-electron chi connectivity index (χ3n) is 4.41. The molecule has 1 aromatic carbocycles. The lowest BCUT2D eigenvalue weighted by atomic mass is 10.0. The predicted molar refractivity (Wildman–Crippen MR) is 100 cm³/mol. The number of amides is 1. The van der Waals surface area contributed by atoms with Gasteiger partial charge in [0.05, 0.1) is 0 Å². The van der Waals surface area contributed by atoms with Crippen LogP contribution in [0.3, 0.4) is 0 Å². The average molecular weight is 379 g/mol. The van der Waals surface area contributed by atoms with Gasteiger partial charge in [-0.1, -0.05) is 32.0 Å². The summed E-state index contributed by atoms with van der Waals surface area (Å²) in [5.41, 5.74) is 1.88. The summed E-state index contributed by atoms with van der Waals surface area (Å²) in [4.78, 5) is 12.6. The Morgan fingerprint density at radius 3 is 2.56 bits per heavy atom. The number of carbonyl (C=O) groups excluding carboxylic acids is 1. The van der Waals surface area contributed by atoms with E-state index in [-0.39, 0.29) is 10.1 Å². The molecule has 0 saturated carbocycles. The molecule has 0 aliphatic carbocycles. The van der Waals surface area contributed by atoms with E-state index in [1.165, 1.54) is 21.2 Å². The topological polar surface area (TPSA) is 66.5 Å². The summed E-state index contributed by atoms with van der Waals surface area (Å²) in [5.74, 6) is 0.154. The monoisotopic (exact) mass is 378 g/mol. The van der Waals surface area contributed by atoms with Crippen molar-refractivity contribution in [1.82, 2.24) is 4.31 Å². The number of sulfonamides is 1. The molecule has 3 rings (SSSR count). The minimum Gasteiger partial charge on any atom is -0.325 e. The van der Waals surface area contributed by atoms with Gasteiger partial charge < -0.3 is 5.32 Å². The van der Waals surface area contributed by atoms with Gasteiger partial charge in [-0.15, -0.1) is 11.3 Å². The number of benzene rings is 1. The Morgan fingerprint density at radius 1 is 1.24 bits per heavy atom. The molecule has 1 unspecified atom stereocenters. The molecule has 25 heavy (non-hydrogen) atoms. The molecule has 1 aliphatic rings. The molecule has 134 valence electrons. The highest BCUT2D eigenvalue weighted by molar-refractivity contribution is 7.91. The number of hydrogen-bond donors (Lipinski definition) is 1. The summed E-state index contributed by atoms with van der Waals surface area (Å²) in [6, 6.07) is 10.3. The van der Waals surface area contributed by atoms with E-state index >= 15 is 0 Å². The number of carbonyl (C=O) groups is 1. The van der Waals surface area contributed by atoms with Gasteiger partial charge in [-0.2, -0.15) is 4.31 Å². The van der Waals surface area contributed by atoms with Crippen LogP contribution in [0.25, 0.3) is 0 Å². The number of nitrogens with one attached hydrogen (secondary N) is 1. The Labute approximate surface area is 152 Å². The molecular formula is C18H22N2O3S2. The second-order valence-corrected chi connectivity index (χ2v) is 9.54. The SMILES string of the molecule is CC(C)c1ccc(NC(=O)C2CCCN2S(=O)(=O)c2cccs2)cc1. The normalized spacial score (nSPS) is 18.6. The van der Waals surface area contributed by atoms with Crippen LogP contribution in [0.15, 0.2) is 46.0 Å². The molecule has 2 aromatic rings. The highest BCUT2D eigenvalue weighted by atomic mass is 32.2. The Balaban J connectivity index is 1.75. The minimum atomic E-state index is -3.61. The van der Waals surface area contributed by atoms with Crippen LogP contribution in [0.1, 0.15) is 38.2 Å². The summed E-state index contributed by atoms with van der Waals surface area (Å²) < 4.78 is 27.1. The Morgan fingerprint density at radius 2 is 1.96 bits per heavy atom. The zero-order valence-electron chi connectivity index (χ0n) is 14.3. The van der Waals surface area contributed by atoms with Crippen molar-refractivity contribution in [3.05, 3.63) is 47.3 Å². The summed E-state index contributed by atoms with van der Waals surface area (Å²) in [6.45, 7) is 4.60. The molecule has 1 saturated heterocycles. The second kappa shape index (κ2) is 7.27. The fraction of sp³-hybridized carbons (Fsp3) is 0.389. The molecule has 7 heteroatoms. The van der Waals surface area contributed by atoms with Crippen molar-refractivity contribution in [3.63, 3.8) is 0 Å². The third kappa shape index (κ3) is 3.78. The van der Waals surface area contributed by atoms with Crippen molar-refractivity contribution in [1.29, 1.82) is 0 Å². The van der Waals surface area contributed by atoms with E-state index in [9.17, 15) is 13.2 Å². The van der Waals surface area contributed by atoms with E-state index in [4.69, 9.17) is 0 Å². The van der Waals surface area contributed by atoms with Crippen LogP contribution >= 0.6 is 11.3 Å². The van der Waals surface area contributed by atoms with Crippen molar-refractivity contribution in [3.8, 4) is 0 Å². The van der Waals surface area contributed by atoms with E-state index in [0.29, 0.717) is 31.0 Å². The van der Waals surface area contributed by atoms with Gasteiger partial charge in [0.15, 0.2) is 0 Å². The zero-order valence-corrected chi connectivity index (χ0v) is 15.9. The fourth-order valence-electron chi connectivity index (χ4n) is 2.99. The van der Waals surface area contributed by atoms with Crippen molar-refractivity contribution in [2.24, 2.45) is 0 Å². The summed E-state index contributed by atoms with van der Waals surface area (Å²) in [5, 5.41) is 4.59. The smallest absolute Gasteiger partial charge is 0.253 e. The Bertz CT molecular complexity index is 828. The first-order valence-corrected chi connectivity index (χ1v) is 10.7. The van der Waals surface area contributed by atoms with Crippen LogP contribution in [0.5, 0.6) is 0 Å². The van der Waals surface area contributed by atoms with Crippen LogP contribution < -0.4 is 5.32 Å². The first kappa shape index (κ1) is 18.1. The molecule has 1 aromatic heterocycles. The summed E-state index contributed by atoms with van der Waals surface area (Å²) in [6.07, 6.45) is 1.23. The number of rotatable bonds is 5. The molecule has 1 amide bonds. The quantitative estimate of drug-likeness (QED) is 0.863. The Hall–Kier alpha value is -1.70. The minimum absolute atomic E-state index is 0.269. The lowest BCUT2D eigenvalue weighted by Crippen LogP contribution is -2.42. The lowest BCUT2D eigenvalue weighted by Gasteiger charge is -2.22. The molecule has 0 spiro atoms. The van der Waals surface area contributed by atoms with Crippen molar-refractivity contribution in [2.75, 3.05) is 11.9 Å². The van der Waals surface area contributed by atoms with E-state index in [1.807, 2.05) is 24.3 Å². The lowest BCUT2D eigenvalue weighted by molar-refractivity contribution is -0.119. The molecule has 0 radical (unpaired) electrons. The molecular weight excluding hydrogens is 356 g/mol. The largest absolute Gasteiger partial charge is 0.325 e. The molecule has 1 atom stereocenters. The summed E-state index contributed by atoms with van der Waals surface area (Å²) >= 11 is 1.18. The molecule has 1 aliphatic heterocycles. The van der Waals surface area contributed by atoms with E-state index in [0.717, 1.165) is 0 Å². The first-order valence-electron chi connectivity index (χ1n) is 8.36. The van der Waals surface area contributed by atoms with Crippen LogP contribution in [0.4, 0.5) is 5.69 Å². The van der Waals surface area contributed by atoms with Crippen molar-refractivity contribution < 1.29 is 13.2 Å². The standard InChI is InChI=1S/C18H22N2O3S2/c1-13(2)14-7-9-15(10-8-14)19-18(21)16-5-3-11-20(16)25(22,23)17-6-4-12-24-17/h4,6-10,12-13,16H,3,5,11H2,1-2H3,(H,19,21). The van der Waals surface area contributed by atoms with E-state index < -0.39 is 16.1 Å². The van der Waals surface area contributed by atoms with Crippen LogP contribution in [0.2, 0.25) is 0 Å². The maximum absolute atomic E-state index is 12.7. The maximum Gasteiger partial charge on any atom is 0.253 e. The Kier molecular flexibility index (Phi) is 5.27. The van der Waals surface area contributed by atoms with Gasteiger partial charge >= 0.3 is 0 Å². The average Bonchev–Trinajstić information content (AvgIpc) is 3.27. The molecule has 1 fully saturated rings. The highest BCUT2D eigenvalue weighted by Crippen LogP contribution is 2.29. The van der Waals surface area contributed by atoms with E-state index in [2.05, 4.69) is 19.2 Å². The van der Waals surface area contributed by atoms with Gasteiger partial charge in [-0.25, -0.2) is 8.42 Å². The number of anilines is 1. The van der Waals surface area contributed by atoms with Crippen LogP contribution in [0, 0.1) is 0 Å². The first-order chi connectivity index (χ1) is 11.9. The molecule has 2 heterocycles. The van der Waals surface area contributed by atoms with Crippen LogP contribution in [-0.2, 0) is 14.8 Å². The molecule has 5 nitrogen and oxygen atoms in total. The van der Waals surface area contributed by atoms with Gasteiger partial charge in [0, 0.05) is 12.2 Å².